The van der Waals surface area contributed by atoms with Crippen molar-refractivity contribution in [3.63, 3.8) is 0 Å². The first-order valence-corrected chi connectivity index (χ1v) is 4.60. The lowest BCUT2D eigenvalue weighted by molar-refractivity contribution is 0.975. The number of para-hydroxylation sites is 1. The SMILES string of the molecule is CNc1cn(-c2ccccc2)c(C)n1. The van der Waals surface area contributed by atoms with Crippen LogP contribution in [0.3, 0.4) is 0 Å². The van der Waals surface area contributed by atoms with E-state index in [1.807, 2.05) is 38.4 Å². The molecule has 1 N–H and O–H groups in total. The van der Waals surface area contributed by atoms with Gasteiger partial charge in [-0.05, 0) is 19.1 Å². The molecule has 2 aromatic rings. The third-order valence-electron chi connectivity index (χ3n) is 2.17. The number of benzene rings is 1. The summed E-state index contributed by atoms with van der Waals surface area (Å²) in [6.45, 7) is 1.99. The molecule has 0 radical (unpaired) electrons. The van der Waals surface area contributed by atoms with E-state index >= 15 is 0 Å². The predicted octanol–water partition coefficient (Wildman–Crippen LogP) is 2.22. The van der Waals surface area contributed by atoms with Crippen LogP contribution < -0.4 is 5.32 Å². The van der Waals surface area contributed by atoms with E-state index in [0.717, 1.165) is 17.3 Å². The highest BCUT2D eigenvalue weighted by Gasteiger charge is 2.03. The standard InChI is InChI=1S/C11H13N3/c1-9-13-11(12-2)8-14(9)10-6-4-3-5-7-10/h3-8,12H,1-2H3. The predicted molar refractivity (Wildman–Crippen MR) is 57.8 cm³/mol. The Labute approximate surface area is 83.4 Å². The lowest BCUT2D eigenvalue weighted by Gasteiger charge is -2.02. The minimum absolute atomic E-state index is 0.895. The smallest absolute Gasteiger partial charge is 0.144 e. The lowest BCUT2D eigenvalue weighted by atomic mass is 10.3. The van der Waals surface area contributed by atoms with Gasteiger partial charge in [-0.1, -0.05) is 18.2 Å². The van der Waals surface area contributed by atoms with Crippen molar-refractivity contribution in [3.8, 4) is 5.69 Å². The Kier molecular flexibility index (Phi) is 2.23. The van der Waals surface area contributed by atoms with Crippen LogP contribution in [-0.2, 0) is 0 Å². The van der Waals surface area contributed by atoms with Gasteiger partial charge < -0.3 is 9.88 Å². The molecule has 0 aliphatic rings. The second kappa shape index (κ2) is 3.54. The normalized spacial score (nSPS) is 10.1. The van der Waals surface area contributed by atoms with E-state index in [0.29, 0.717) is 0 Å². The summed E-state index contributed by atoms with van der Waals surface area (Å²) >= 11 is 0. The average Bonchev–Trinajstić information content (AvgIpc) is 2.61. The Morgan fingerprint density at radius 1 is 1.21 bits per heavy atom. The molecule has 0 fully saturated rings. The largest absolute Gasteiger partial charge is 0.372 e. The fraction of sp³-hybridized carbons (Fsp3) is 0.182. The fourth-order valence-electron chi connectivity index (χ4n) is 1.44. The molecule has 0 spiro atoms. The molecule has 0 saturated carbocycles. The Morgan fingerprint density at radius 3 is 2.50 bits per heavy atom. The molecule has 0 atom stereocenters. The minimum atomic E-state index is 0.895. The minimum Gasteiger partial charge on any atom is -0.372 e. The Hall–Kier alpha value is -1.77. The molecule has 0 saturated heterocycles. The molecule has 14 heavy (non-hydrogen) atoms. The molecule has 1 aromatic carbocycles. The molecule has 1 heterocycles. The molecular formula is C11H13N3. The topological polar surface area (TPSA) is 29.9 Å². The van der Waals surface area contributed by atoms with E-state index in [4.69, 9.17) is 0 Å². The van der Waals surface area contributed by atoms with Crippen molar-refractivity contribution in [1.29, 1.82) is 0 Å². The van der Waals surface area contributed by atoms with Crippen molar-refractivity contribution < 1.29 is 0 Å². The number of hydrogen-bond donors (Lipinski definition) is 1. The molecule has 0 bridgehead atoms. The molecule has 3 nitrogen and oxygen atoms in total. The Morgan fingerprint density at radius 2 is 1.93 bits per heavy atom. The molecule has 72 valence electrons. The third kappa shape index (κ3) is 1.48. The van der Waals surface area contributed by atoms with Crippen LogP contribution >= 0.6 is 0 Å². The zero-order valence-corrected chi connectivity index (χ0v) is 8.36. The number of nitrogens with zero attached hydrogens (tertiary/aromatic N) is 2. The summed E-state index contributed by atoms with van der Waals surface area (Å²) in [5.41, 5.74) is 1.14. The van der Waals surface area contributed by atoms with Crippen molar-refractivity contribution in [1.82, 2.24) is 9.55 Å². The van der Waals surface area contributed by atoms with Crippen molar-refractivity contribution in [2.45, 2.75) is 6.92 Å². The van der Waals surface area contributed by atoms with Crippen LogP contribution in [0.1, 0.15) is 5.82 Å². The molecule has 1 aromatic heterocycles. The first-order chi connectivity index (χ1) is 6.81. The van der Waals surface area contributed by atoms with Crippen molar-refractivity contribution >= 4 is 5.82 Å². The van der Waals surface area contributed by atoms with Gasteiger partial charge in [0, 0.05) is 12.7 Å². The van der Waals surface area contributed by atoms with Gasteiger partial charge in [0.2, 0.25) is 0 Å². The number of aromatic nitrogens is 2. The number of anilines is 1. The molecule has 3 heteroatoms. The first-order valence-electron chi connectivity index (χ1n) is 4.60. The van der Waals surface area contributed by atoms with Gasteiger partial charge in [-0.3, -0.25) is 0 Å². The van der Waals surface area contributed by atoms with Crippen LogP contribution in [0.4, 0.5) is 5.82 Å². The van der Waals surface area contributed by atoms with Crippen molar-refractivity contribution in [3.05, 3.63) is 42.4 Å². The van der Waals surface area contributed by atoms with E-state index in [2.05, 4.69) is 27.0 Å². The van der Waals surface area contributed by atoms with Crippen LogP contribution in [0.2, 0.25) is 0 Å². The number of nitrogens with one attached hydrogen (secondary N) is 1. The highest BCUT2D eigenvalue weighted by Crippen LogP contribution is 2.13. The van der Waals surface area contributed by atoms with Gasteiger partial charge in [0.15, 0.2) is 0 Å². The lowest BCUT2D eigenvalue weighted by Crippen LogP contribution is -1.93. The van der Waals surface area contributed by atoms with Gasteiger partial charge in [0.25, 0.3) is 0 Å². The van der Waals surface area contributed by atoms with E-state index in [1.165, 1.54) is 0 Å². The summed E-state index contributed by atoms with van der Waals surface area (Å²) in [4.78, 5) is 4.36. The molecule has 0 amide bonds. The van der Waals surface area contributed by atoms with Crippen molar-refractivity contribution in [2.75, 3.05) is 12.4 Å². The Balaban J connectivity index is 2.46. The van der Waals surface area contributed by atoms with Gasteiger partial charge >= 0.3 is 0 Å². The van der Waals surface area contributed by atoms with Gasteiger partial charge in [0.05, 0.1) is 6.20 Å². The summed E-state index contributed by atoms with van der Waals surface area (Å²) in [7, 11) is 1.87. The quantitative estimate of drug-likeness (QED) is 0.781. The van der Waals surface area contributed by atoms with Gasteiger partial charge in [-0.25, -0.2) is 4.98 Å². The van der Waals surface area contributed by atoms with E-state index < -0.39 is 0 Å². The average molecular weight is 187 g/mol. The van der Waals surface area contributed by atoms with Crippen LogP contribution in [0.15, 0.2) is 36.5 Å². The number of imidazole rings is 1. The van der Waals surface area contributed by atoms with Gasteiger partial charge in [-0.15, -0.1) is 0 Å². The zero-order valence-electron chi connectivity index (χ0n) is 8.36. The number of aryl methyl sites for hydroxylation is 1. The highest BCUT2D eigenvalue weighted by atomic mass is 15.1. The molecule has 0 aliphatic heterocycles. The molecule has 2 rings (SSSR count). The van der Waals surface area contributed by atoms with Crippen LogP contribution in [0.25, 0.3) is 5.69 Å². The van der Waals surface area contributed by atoms with Crippen LogP contribution in [0, 0.1) is 6.92 Å². The number of hydrogen-bond acceptors (Lipinski definition) is 2. The fourth-order valence-corrected chi connectivity index (χ4v) is 1.44. The van der Waals surface area contributed by atoms with Crippen molar-refractivity contribution in [2.24, 2.45) is 0 Å². The maximum atomic E-state index is 4.36. The molecule has 0 aliphatic carbocycles. The van der Waals surface area contributed by atoms with Crippen LogP contribution in [0.5, 0.6) is 0 Å². The van der Waals surface area contributed by atoms with Gasteiger partial charge in [0.1, 0.15) is 11.6 Å². The van der Waals surface area contributed by atoms with Gasteiger partial charge in [-0.2, -0.15) is 0 Å². The zero-order chi connectivity index (χ0) is 9.97. The molecule has 0 unspecified atom stereocenters. The molecular weight excluding hydrogens is 174 g/mol. The summed E-state index contributed by atoms with van der Waals surface area (Å²) < 4.78 is 2.06. The maximum absolute atomic E-state index is 4.36. The highest BCUT2D eigenvalue weighted by molar-refractivity contribution is 5.40. The third-order valence-corrected chi connectivity index (χ3v) is 2.17. The summed E-state index contributed by atoms with van der Waals surface area (Å²) in [6.07, 6.45) is 1.99. The summed E-state index contributed by atoms with van der Waals surface area (Å²) in [5.74, 6) is 1.88. The second-order valence-corrected chi connectivity index (χ2v) is 3.13. The van der Waals surface area contributed by atoms with Crippen LogP contribution in [-0.4, -0.2) is 16.6 Å². The summed E-state index contributed by atoms with van der Waals surface area (Å²) in [5, 5.41) is 3.03. The van der Waals surface area contributed by atoms with E-state index in [-0.39, 0.29) is 0 Å². The second-order valence-electron chi connectivity index (χ2n) is 3.13. The number of rotatable bonds is 2. The Bertz CT molecular complexity index is 417. The monoisotopic (exact) mass is 187 g/mol. The first kappa shape index (κ1) is 8.81. The summed E-state index contributed by atoms with van der Waals surface area (Å²) in [6, 6.07) is 10.2. The maximum Gasteiger partial charge on any atom is 0.144 e. The van der Waals surface area contributed by atoms with E-state index in [9.17, 15) is 0 Å². The van der Waals surface area contributed by atoms with E-state index in [1.54, 1.807) is 0 Å².